The van der Waals surface area contributed by atoms with Gasteiger partial charge in [-0.2, -0.15) is 11.8 Å². The number of aromatic nitrogens is 2. The van der Waals surface area contributed by atoms with Gasteiger partial charge < -0.3 is 10.3 Å². The minimum absolute atomic E-state index is 0.367. The lowest BCUT2D eigenvalue weighted by molar-refractivity contribution is 0.699. The molecule has 0 amide bonds. The van der Waals surface area contributed by atoms with Gasteiger partial charge in [0.25, 0.3) is 0 Å². The largest absolute Gasteiger partial charge is 0.348 e. The molecule has 0 saturated carbocycles. The van der Waals surface area contributed by atoms with E-state index >= 15 is 0 Å². The molecule has 0 aromatic carbocycles. The van der Waals surface area contributed by atoms with Crippen LogP contribution in [0.1, 0.15) is 26.6 Å². The number of nitrogens with zero attached hydrogens (tertiary/aromatic N) is 1. The van der Waals surface area contributed by atoms with Crippen LogP contribution in [0.25, 0.3) is 0 Å². The molecule has 0 aliphatic rings. The number of imidazole rings is 1. The molecule has 14 heavy (non-hydrogen) atoms. The van der Waals surface area contributed by atoms with E-state index in [-0.39, 0.29) is 0 Å². The summed E-state index contributed by atoms with van der Waals surface area (Å²) in [6, 6.07) is 0. The predicted octanol–water partition coefficient (Wildman–Crippen LogP) is 2.03. The lowest BCUT2D eigenvalue weighted by Crippen LogP contribution is -2.20. The summed E-state index contributed by atoms with van der Waals surface area (Å²) in [6.07, 6.45) is 3.63. The van der Waals surface area contributed by atoms with Crippen molar-refractivity contribution in [1.29, 1.82) is 0 Å². The molecule has 0 bridgehead atoms. The summed E-state index contributed by atoms with van der Waals surface area (Å²) < 4.78 is 0.367. The first-order chi connectivity index (χ1) is 6.58. The van der Waals surface area contributed by atoms with Crippen LogP contribution < -0.4 is 5.32 Å². The quantitative estimate of drug-likeness (QED) is 0.735. The first kappa shape index (κ1) is 11.6. The van der Waals surface area contributed by atoms with Crippen LogP contribution in [0.15, 0.2) is 12.4 Å². The summed E-state index contributed by atoms with van der Waals surface area (Å²) >= 11 is 1.98. The highest BCUT2D eigenvalue weighted by molar-refractivity contribution is 8.00. The van der Waals surface area contributed by atoms with E-state index in [9.17, 15) is 0 Å². The number of hydrogen-bond acceptors (Lipinski definition) is 3. The van der Waals surface area contributed by atoms with Crippen LogP contribution in [0, 0.1) is 0 Å². The van der Waals surface area contributed by atoms with Gasteiger partial charge in [-0.05, 0) is 0 Å². The van der Waals surface area contributed by atoms with Gasteiger partial charge >= 0.3 is 0 Å². The highest BCUT2D eigenvalue weighted by Crippen LogP contribution is 2.21. The van der Waals surface area contributed by atoms with E-state index in [1.165, 1.54) is 0 Å². The first-order valence-corrected chi connectivity index (χ1v) is 5.89. The summed E-state index contributed by atoms with van der Waals surface area (Å²) in [5.41, 5.74) is 0. The van der Waals surface area contributed by atoms with Crippen molar-refractivity contribution in [3.63, 3.8) is 0 Å². The Morgan fingerprint density at radius 1 is 1.50 bits per heavy atom. The first-order valence-electron chi connectivity index (χ1n) is 4.91. The number of nitrogens with one attached hydrogen (secondary N) is 2. The fraction of sp³-hybridized carbons (Fsp3) is 0.700. The summed E-state index contributed by atoms with van der Waals surface area (Å²) in [4.78, 5) is 7.20. The molecule has 2 N–H and O–H groups in total. The van der Waals surface area contributed by atoms with Crippen molar-refractivity contribution in [2.75, 3.05) is 12.3 Å². The molecule has 1 rings (SSSR count). The molecule has 0 saturated heterocycles. The number of rotatable bonds is 5. The third-order valence-electron chi connectivity index (χ3n) is 1.66. The Balaban J connectivity index is 2.00. The van der Waals surface area contributed by atoms with Crippen molar-refractivity contribution >= 4 is 11.8 Å². The minimum Gasteiger partial charge on any atom is -0.348 e. The number of aromatic amines is 1. The van der Waals surface area contributed by atoms with Crippen molar-refractivity contribution < 1.29 is 0 Å². The zero-order chi connectivity index (χ0) is 10.4. The molecule has 0 radical (unpaired) electrons. The van der Waals surface area contributed by atoms with E-state index in [1.807, 2.05) is 18.0 Å². The molecular formula is C10H19N3S. The van der Waals surface area contributed by atoms with Crippen molar-refractivity contribution in [3.05, 3.63) is 18.2 Å². The topological polar surface area (TPSA) is 40.7 Å². The monoisotopic (exact) mass is 213 g/mol. The van der Waals surface area contributed by atoms with Gasteiger partial charge in [-0.3, -0.25) is 0 Å². The fourth-order valence-corrected chi connectivity index (χ4v) is 1.89. The lowest BCUT2D eigenvalue weighted by atomic mass is 10.3. The maximum atomic E-state index is 4.14. The zero-order valence-corrected chi connectivity index (χ0v) is 9.95. The molecule has 0 aliphatic carbocycles. The Labute approximate surface area is 90.1 Å². The maximum absolute atomic E-state index is 4.14. The van der Waals surface area contributed by atoms with E-state index in [0.717, 1.165) is 24.7 Å². The Hall–Kier alpha value is -0.480. The summed E-state index contributed by atoms with van der Waals surface area (Å²) in [7, 11) is 0. The van der Waals surface area contributed by atoms with E-state index in [4.69, 9.17) is 0 Å². The SMILES string of the molecule is CC(C)(C)SCCNCc1ncc[nH]1. The van der Waals surface area contributed by atoms with Crippen molar-refractivity contribution in [1.82, 2.24) is 15.3 Å². The van der Waals surface area contributed by atoms with E-state index < -0.39 is 0 Å². The normalized spacial score (nSPS) is 11.9. The van der Waals surface area contributed by atoms with Crippen LogP contribution in [0.4, 0.5) is 0 Å². The molecule has 0 fully saturated rings. The van der Waals surface area contributed by atoms with Crippen LogP contribution in [-0.2, 0) is 6.54 Å². The van der Waals surface area contributed by atoms with Gasteiger partial charge in [0, 0.05) is 29.4 Å². The number of thioether (sulfide) groups is 1. The molecule has 1 heterocycles. The van der Waals surface area contributed by atoms with E-state index in [2.05, 4.69) is 36.1 Å². The summed E-state index contributed by atoms with van der Waals surface area (Å²) in [5, 5.41) is 3.35. The van der Waals surface area contributed by atoms with Crippen LogP contribution in [-0.4, -0.2) is 27.0 Å². The van der Waals surface area contributed by atoms with Crippen molar-refractivity contribution in [2.45, 2.75) is 32.1 Å². The smallest absolute Gasteiger partial charge is 0.120 e. The maximum Gasteiger partial charge on any atom is 0.120 e. The van der Waals surface area contributed by atoms with Gasteiger partial charge in [0.15, 0.2) is 0 Å². The van der Waals surface area contributed by atoms with Crippen LogP contribution >= 0.6 is 11.8 Å². The summed E-state index contributed by atoms with van der Waals surface area (Å²) in [5.74, 6) is 2.15. The minimum atomic E-state index is 0.367. The molecule has 3 nitrogen and oxygen atoms in total. The second-order valence-electron chi connectivity index (χ2n) is 4.17. The number of H-pyrrole nitrogens is 1. The average Bonchev–Trinajstić information content (AvgIpc) is 2.54. The molecule has 0 unspecified atom stereocenters. The van der Waals surface area contributed by atoms with Gasteiger partial charge in [-0.25, -0.2) is 4.98 Å². The van der Waals surface area contributed by atoms with Crippen molar-refractivity contribution in [2.24, 2.45) is 0 Å². The Kier molecular flexibility index (Phi) is 4.48. The Morgan fingerprint density at radius 2 is 2.29 bits per heavy atom. The van der Waals surface area contributed by atoms with Crippen LogP contribution in [0.3, 0.4) is 0 Å². The van der Waals surface area contributed by atoms with Gasteiger partial charge in [-0.15, -0.1) is 0 Å². The molecule has 4 heteroatoms. The second-order valence-corrected chi connectivity index (χ2v) is 6.10. The molecule has 0 spiro atoms. The molecular weight excluding hydrogens is 194 g/mol. The van der Waals surface area contributed by atoms with Gasteiger partial charge in [0.1, 0.15) is 5.82 Å². The van der Waals surface area contributed by atoms with Crippen LogP contribution in [0.5, 0.6) is 0 Å². The zero-order valence-electron chi connectivity index (χ0n) is 9.13. The lowest BCUT2D eigenvalue weighted by Gasteiger charge is -2.17. The molecule has 1 aromatic heterocycles. The average molecular weight is 213 g/mol. The van der Waals surface area contributed by atoms with Gasteiger partial charge in [0.2, 0.25) is 0 Å². The van der Waals surface area contributed by atoms with Crippen molar-refractivity contribution in [3.8, 4) is 0 Å². The highest BCUT2D eigenvalue weighted by atomic mass is 32.2. The number of hydrogen-bond donors (Lipinski definition) is 2. The van der Waals surface area contributed by atoms with E-state index in [1.54, 1.807) is 6.20 Å². The highest BCUT2D eigenvalue weighted by Gasteiger charge is 2.08. The van der Waals surface area contributed by atoms with Gasteiger partial charge in [0.05, 0.1) is 6.54 Å². The molecule has 0 atom stereocenters. The second kappa shape index (κ2) is 5.41. The molecule has 1 aromatic rings. The van der Waals surface area contributed by atoms with E-state index in [0.29, 0.717) is 4.75 Å². The fourth-order valence-electron chi connectivity index (χ4n) is 1.03. The molecule has 80 valence electrons. The predicted molar refractivity (Wildman–Crippen MR) is 62.5 cm³/mol. The summed E-state index contributed by atoms with van der Waals surface area (Å²) in [6.45, 7) is 8.58. The standard InChI is InChI=1S/C10H19N3S/c1-10(2,3)14-7-6-11-8-9-12-4-5-13-9/h4-5,11H,6-8H2,1-3H3,(H,12,13). The van der Waals surface area contributed by atoms with Gasteiger partial charge in [-0.1, -0.05) is 20.8 Å². The third kappa shape index (κ3) is 5.29. The third-order valence-corrected chi connectivity index (χ3v) is 2.94. The Bertz CT molecular complexity index is 238. The Morgan fingerprint density at radius 3 is 2.86 bits per heavy atom. The van der Waals surface area contributed by atoms with Crippen LogP contribution in [0.2, 0.25) is 0 Å². The molecule has 0 aliphatic heterocycles.